The van der Waals surface area contributed by atoms with Crippen molar-refractivity contribution < 1.29 is 4.79 Å². The molecule has 2 aromatic heterocycles. The first-order valence-corrected chi connectivity index (χ1v) is 11.4. The molecule has 2 aromatic carbocycles. The molecule has 1 N–H and O–H groups in total. The molecular weight excluding hydrogens is 438 g/mol. The number of nitrogens with one attached hydrogen (secondary N) is 1. The summed E-state index contributed by atoms with van der Waals surface area (Å²) in [6.07, 6.45) is 2.41. The van der Waals surface area contributed by atoms with Crippen molar-refractivity contribution in [3.63, 3.8) is 0 Å². The Balaban J connectivity index is 1.41. The minimum atomic E-state index is -0.133. The second-order valence-electron chi connectivity index (χ2n) is 6.42. The van der Waals surface area contributed by atoms with Crippen molar-refractivity contribution in [3.8, 4) is 0 Å². The number of thioether (sulfide) groups is 1. The zero-order valence-corrected chi connectivity index (χ0v) is 18.3. The highest BCUT2D eigenvalue weighted by Crippen LogP contribution is 2.26. The number of nitrogens with zero attached hydrogens (tertiary/aromatic N) is 4. The number of halogens is 1. The summed E-state index contributed by atoms with van der Waals surface area (Å²) < 4.78 is 3.01. The molecule has 0 aliphatic carbocycles. The lowest BCUT2D eigenvalue weighted by Gasteiger charge is -2.08. The van der Waals surface area contributed by atoms with E-state index >= 15 is 0 Å². The van der Waals surface area contributed by atoms with Crippen LogP contribution in [0.25, 0.3) is 10.2 Å². The van der Waals surface area contributed by atoms with E-state index in [4.69, 9.17) is 11.6 Å². The fourth-order valence-corrected chi connectivity index (χ4v) is 4.64. The maximum atomic E-state index is 12.4. The van der Waals surface area contributed by atoms with Gasteiger partial charge in [0.2, 0.25) is 5.91 Å². The number of benzene rings is 2. The minimum absolute atomic E-state index is 0.133. The van der Waals surface area contributed by atoms with E-state index in [0.29, 0.717) is 28.3 Å². The number of hydrogen-bond donors (Lipinski definition) is 1. The van der Waals surface area contributed by atoms with Gasteiger partial charge >= 0.3 is 0 Å². The van der Waals surface area contributed by atoms with Crippen molar-refractivity contribution in [2.45, 2.75) is 18.1 Å². The van der Waals surface area contributed by atoms with Crippen LogP contribution in [-0.2, 0) is 17.8 Å². The molecule has 0 fully saturated rings. The van der Waals surface area contributed by atoms with Gasteiger partial charge in [0.05, 0.1) is 16.0 Å². The second-order valence-corrected chi connectivity index (χ2v) is 8.83. The first-order valence-electron chi connectivity index (χ1n) is 9.18. The van der Waals surface area contributed by atoms with Gasteiger partial charge in [0, 0.05) is 18.0 Å². The predicted octanol–water partition coefficient (Wildman–Crippen LogP) is 5.05. The van der Waals surface area contributed by atoms with E-state index in [2.05, 4.69) is 27.1 Å². The highest BCUT2D eigenvalue weighted by molar-refractivity contribution is 7.99. The minimum Gasteiger partial charge on any atom is -0.302 e. The number of rotatable bonds is 8. The van der Waals surface area contributed by atoms with E-state index in [1.165, 1.54) is 23.1 Å². The summed E-state index contributed by atoms with van der Waals surface area (Å²) in [6.45, 7) is 4.39. The predicted molar refractivity (Wildman–Crippen MR) is 123 cm³/mol. The Morgan fingerprint density at radius 2 is 2.00 bits per heavy atom. The summed E-state index contributed by atoms with van der Waals surface area (Å²) in [6, 6.07) is 15.4. The number of fused-ring (bicyclic) bond motifs is 1. The Bertz CT molecular complexity index is 1150. The molecule has 1 amide bonds. The Labute approximate surface area is 187 Å². The molecule has 0 atom stereocenters. The van der Waals surface area contributed by atoms with Crippen LogP contribution in [0.5, 0.6) is 0 Å². The molecule has 0 aliphatic rings. The SMILES string of the molecule is C=CCn1c(Cc2ccc(Cl)cc2)nnc1SCC(=O)Nc1nc2ccccc2s1. The molecule has 30 heavy (non-hydrogen) atoms. The van der Waals surface area contributed by atoms with Crippen LogP contribution in [-0.4, -0.2) is 31.4 Å². The molecule has 0 spiro atoms. The fraction of sp³-hybridized carbons (Fsp3) is 0.143. The molecule has 9 heteroatoms. The zero-order chi connectivity index (χ0) is 20.9. The first kappa shape index (κ1) is 20.6. The molecule has 0 saturated carbocycles. The van der Waals surface area contributed by atoms with Gasteiger partial charge < -0.3 is 9.88 Å². The topological polar surface area (TPSA) is 72.7 Å². The second kappa shape index (κ2) is 9.42. The van der Waals surface area contributed by atoms with E-state index in [1.54, 1.807) is 6.08 Å². The molecule has 0 radical (unpaired) electrons. The van der Waals surface area contributed by atoms with Gasteiger partial charge in [-0.25, -0.2) is 4.98 Å². The third-order valence-electron chi connectivity index (χ3n) is 4.25. The van der Waals surface area contributed by atoms with Crippen LogP contribution in [0, 0.1) is 0 Å². The number of amides is 1. The molecule has 0 unspecified atom stereocenters. The van der Waals surface area contributed by atoms with Gasteiger partial charge in [-0.05, 0) is 29.8 Å². The standard InChI is InChI=1S/C21H18ClN5OS2/c1-2-11-27-18(12-14-7-9-15(22)10-8-14)25-26-21(27)29-13-19(28)24-20-23-16-5-3-4-6-17(16)30-20/h2-10H,1,11-13H2,(H,23,24,28). The Kier molecular flexibility index (Phi) is 6.47. The number of thiazole rings is 1. The van der Waals surface area contributed by atoms with Crippen LogP contribution in [0.15, 0.2) is 66.3 Å². The van der Waals surface area contributed by atoms with Crippen molar-refractivity contribution in [2.75, 3.05) is 11.1 Å². The summed E-state index contributed by atoms with van der Waals surface area (Å²) in [4.78, 5) is 16.8. The number of aromatic nitrogens is 4. The van der Waals surface area contributed by atoms with Crippen LogP contribution in [0.1, 0.15) is 11.4 Å². The van der Waals surface area contributed by atoms with Crippen LogP contribution >= 0.6 is 34.7 Å². The number of hydrogen-bond acceptors (Lipinski definition) is 6. The molecule has 2 heterocycles. The average molecular weight is 456 g/mol. The maximum Gasteiger partial charge on any atom is 0.236 e. The van der Waals surface area contributed by atoms with E-state index < -0.39 is 0 Å². The molecule has 4 rings (SSSR count). The first-order chi connectivity index (χ1) is 14.6. The molecule has 0 aliphatic heterocycles. The Hall–Kier alpha value is -2.68. The quantitative estimate of drug-likeness (QED) is 0.297. The number of carbonyl (C=O) groups excluding carboxylic acids is 1. The van der Waals surface area contributed by atoms with E-state index in [9.17, 15) is 4.79 Å². The van der Waals surface area contributed by atoms with E-state index in [0.717, 1.165) is 21.6 Å². The lowest BCUT2D eigenvalue weighted by molar-refractivity contribution is -0.113. The highest BCUT2D eigenvalue weighted by atomic mass is 35.5. The van der Waals surface area contributed by atoms with Crippen molar-refractivity contribution in [1.29, 1.82) is 0 Å². The summed E-state index contributed by atoms with van der Waals surface area (Å²) in [5, 5.41) is 13.4. The normalized spacial score (nSPS) is 11.0. The van der Waals surface area contributed by atoms with Gasteiger partial charge in [-0.3, -0.25) is 4.79 Å². The third-order valence-corrected chi connectivity index (χ3v) is 6.42. The van der Waals surface area contributed by atoms with Crippen LogP contribution in [0.4, 0.5) is 5.13 Å². The van der Waals surface area contributed by atoms with Gasteiger partial charge in [0.25, 0.3) is 0 Å². The zero-order valence-electron chi connectivity index (χ0n) is 15.9. The van der Waals surface area contributed by atoms with Gasteiger partial charge in [-0.15, -0.1) is 16.8 Å². The van der Waals surface area contributed by atoms with Crippen molar-refractivity contribution >= 4 is 56.0 Å². The third kappa shape index (κ3) is 4.89. The van der Waals surface area contributed by atoms with Crippen LogP contribution in [0.3, 0.4) is 0 Å². The molecule has 152 valence electrons. The molecule has 4 aromatic rings. The van der Waals surface area contributed by atoms with Gasteiger partial charge in [0.15, 0.2) is 10.3 Å². The lowest BCUT2D eigenvalue weighted by Crippen LogP contribution is -2.14. The average Bonchev–Trinajstić information content (AvgIpc) is 3.32. The smallest absolute Gasteiger partial charge is 0.236 e. The number of allylic oxidation sites excluding steroid dienone is 1. The van der Waals surface area contributed by atoms with Gasteiger partial charge in [-0.1, -0.05) is 65.0 Å². The van der Waals surface area contributed by atoms with E-state index in [1.807, 2.05) is 53.1 Å². The Morgan fingerprint density at radius 3 is 2.77 bits per heavy atom. The van der Waals surface area contributed by atoms with Gasteiger partial charge in [0.1, 0.15) is 5.82 Å². The van der Waals surface area contributed by atoms with Crippen molar-refractivity contribution in [3.05, 3.63) is 77.6 Å². The number of carbonyl (C=O) groups is 1. The summed E-state index contributed by atoms with van der Waals surface area (Å²) >= 11 is 8.76. The van der Waals surface area contributed by atoms with Crippen LogP contribution in [0.2, 0.25) is 5.02 Å². The fourth-order valence-electron chi connectivity index (χ4n) is 2.86. The molecule has 0 bridgehead atoms. The van der Waals surface area contributed by atoms with Gasteiger partial charge in [-0.2, -0.15) is 0 Å². The van der Waals surface area contributed by atoms with Crippen molar-refractivity contribution in [1.82, 2.24) is 19.7 Å². The lowest BCUT2D eigenvalue weighted by atomic mass is 10.1. The summed E-state index contributed by atoms with van der Waals surface area (Å²) in [5.41, 5.74) is 1.96. The number of para-hydroxylation sites is 1. The largest absolute Gasteiger partial charge is 0.302 e. The summed E-state index contributed by atoms with van der Waals surface area (Å²) in [5.74, 6) is 0.893. The molecule has 0 saturated heterocycles. The van der Waals surface area contributed by atoms with Crippen molar-refractivity contribution in [2.24, 2.45) is 0 Å². The molecule has 6 nitrogen and oxygen atoms in total. The number of anilines is 1. The Morgan fingerprint density at radius 1 is 1.20 bits per heavy atom. The van der Waals surface area contributed by atoms with Crippen LogP contribution < -0.4 is 5.32 Å². The molecular formula is C21H18ClN5OS2. The maximum absolute atomic E-state index is 12.4. The highest BCUT2D eigenvalue weighted by Gasteiger charge is 2.15. The van der Waals surface area contributed by atoms with E-state index in [-0.39, 0.29) is 11.7 Å². The summed E-state index contributed by atoms with van der Waals surface area (Å²) in [7, 11) is 0. The monoisotopic (exact) mass is 455 g/mol.